The lowest BCUT2D eigenvalue weighted by Crippen LogP contribution is -2.13. The van der Waals surface area contributed by atoms with Gasteiger partial charge in [-0.3, -0.25) is 0 Å². The highest BCUT2D eigenvalue weighted by molar-refractivity contribution is 5.81. The van der Waals surface area contributed by atoms with Gasteiger partial charge >= 0.3 is 5.97 Å². The number of hydrogen-bond acceptors (Lipinski definition) is 6. The average molecular weight is 473 g/mol. The molecule has 196 valence electrons. The summed E-state index contributed by atoms with van der Waals surface area (Å²) < 4.78 is 26.0. The largest absolute Gasteiger partial charge is 0.460 e. The maximum absolute atomic E-state index is 11.6. The highest BCUT2D eigenvalue weighted by atomic mass is 16.6. The van der Waals surface area contributed by atoms with Crippen molar-refractivity contribution in [2.24, 2.45) is 0 Å². The van der Waals surface area contributed by atoms with Crippen molar-refractivity contribution in [2.75, 3.05) is 60.0 Å². The van der Waals surface area contributed by atoms with Crippen LogP contribution in [0.3, 0.4) is 0 Å². The van der Waals surface area contributed by atoms with Crippen molar-refractivity contribution in [3.05, 3.63) is 12.2 Å². The summed E-state index contributed by atoms with van der Waals surface area (Å²) >= 11 is 0. The molecule has 0 aromatic heterocycles. The fraction of sp³-hybridized carbons (Fsp3) is 0.889. The van der Waals surface area contributed by atoms with Crippen LogP contribution in [0.4, 0.5) is 0 Å². The van der Waals surface area contributed by atoms with E-state index >= 15 is 0 Å². The first-order chi connectivity index (χ1) is 16.3. The van der Waals surface area contributed by atoms with Gasteiger partial charge in [-0.1, -0.05) is 90.0 Å². The van der Waals surface area contributed by atoms with Crippen molar-refractivity contribution in [2.45, 2.75) is 96.8 Å². The predicted molar refractivity (Wildman–Crippen MR) is 135 cm³/mol. The molecule has 0 atom stereocenters. The van der Waals surface area contributed by atoms with Crippen LogP contribution in [0.5, 0.6) is 0 Å². The van der Waals surface area contributed by atoms with E-state index in [0.717, 1.165) is 12.8 Å². The highest BCUT2D eigenvalue weighted by Gasteiger charge is 1.98. The first-order valence-electron chi connectivity index (χ1n) is 13.4. The summed E-state index contributed by atoms with van der Waals surface area (Å²) in [5.74, 6) is -0.294. The van der Waals surface area contributed by atoms with Crippen LogP contribution in [-0.2, 0) is 28.5 Å². The Kier molecular flexibility index (Phi) is 28.2. The highest BCUT2D eigenvalue weighted by Crippen LogP contribution is 2.13. The normalized spacial score (nSPS) is 11.5. The van der Waals surface area contributed by atoms with E-state index < -0.39 is 0 Å². The average Bonchev–Trinajstić information content (AvgIpc) is 2.82. The number of unbranched alkanes of at least 4 members (excludes halogenated alkanes) is 13. The van der Waals surface area contributed by atoms with Gasteiger partial charge < -0.3 is 23.7 Å². The van der Waals surface area contributed by atoms with Crippen molar-refractivity contribution in [3.63, 3.8) is 0 Å². The zero-order valence-electron chi connectivity index (χ0n) is 21.7. The minimum Gasteiger partial charge on any atom is -0.460 e. The molecule has 0 saturated carbocycles. The van der Waals surface area contributed by atoms with E-state index in [1.54, 1.807) is 7.11 Å². The number of ether oxygens (including phenoxy) is 5. The second kappa shape index (κ2) is 29.1. The monoisotopic (exact) mass is 472 g/mol. The number of hydrogen-bond donors (Lipinski definition) is 0. The Morgan fingerprint density at radius 1 is 0.576 bits per heavy atom. The van der Waals surface area contributed by atoms with E-state index in [4.69, 9.17) is 23.7 Å². The van der Waals surface area contributed by atoms with Gasteiger partial charge in [0.1, 0.15) is 6.61 Å². The van der Waals surface area contributed by atoms with Crippen LogP contribution in [0.15, 0.2) is 12.2 Å². The molecule has 0 rings (SSSR count). The van der Waals surface area contributed by atoms with Gasteiger partial charge in [0.25, 0.3) is 0 Å². The van der Waals surface area contributed by atoms with Crippen LogP contribution in [0.1, 0.15) is 96.8 Å². The molecule has 0 unspecified atom stereocenters. The molecule has 33 heavy (non-hydrogen) atoms. The third-order valence-electron chi connectivity index (χ3n) is 5.38. The van der Waals surface area contributed by atoms with Gasteiger partial charge in [-0.15, -0.1) is 0 Å². The van der Waals surface area contributed by atoms with Crippen LogP contribution in [0.25, 0.3) is 0 Å². The first kappa shape index (κ1) is 32.0. The SMILES string of the molecule is CCCCCCCCCCCCCCC/C=C/C(=O)OCCOCCOCCOCCOC. The molecular formula is C27H52O6. The summed E-state index contributed by atoms with van der Waals surface area (Å²) in [4.78, 5) is 11.6. The summed E-state index contributed by atoms with van der Waals surface area (Å²) in [6, 6.07) is 0. The smallest absolute Gasteiger partial charge is 0.330 e. The molecule has 6 nitrogen and oxygen atoms in total. The Morgan fingerprint density at radius 2 is 1.00 bits per heavy atom. The Bertz CT molecular complexity index is 413. The van der Waals surface area contributed by atoms with Gasteiger partial charge in [0, 0.05) is 13.2 Å². The number of carbonyl (C=O) groups excluding carboxylic acids is 1. The van der Waals surface area contributed by atoms with Crippen LogP contribution in [-0.4, -0.2) is 65.9 Å². The van der Waals surface area contributed by atoms with E-state index in [1.807, 2.05) is 6.08 Å². The quantitative estimate of drug-likeness (QED) is 0.0798. The number of rotatable bonds is 27. The van der Waals surface area contributed by atoms with Gasteiger partial charge in [-0.25, -0.2) is 4.79 Å². The third kappa shape index (κ3) is 29.0. The van der Waals surface area contributed by atoms with Crippen LogP contribution >= 0.6 is 0 Å². The molecule has 0 heterocycles. The molecule has 0 aliphatic carbocycles. The van der Waals surface area contributed by atoms with Crippen LogP contribution < -0.4 is 0 Å². The zero-order valence-corrected chi connectivity index (χ0v) is 21.7. The predicted octanol–water partition coefficient (Wildman–Crippen LogP) is 6.26. The maximum Gasteiger partial charge on any atom is 0.330 e. The fourth-order valence-electron chi connectivity index (χ4n) is 3.39. The van der Waals surface area contributed by atoms with Crippen LogP contribution in [0, 0.1) is 0 Å². The second-order valence-electron chi connectivity index (χ2n) is 8.43. The lowest BCUT2D eigenvalue weighted by atomic mass is 10.0. The van der Waals surface area contributed by atoms with Gasteiger partial charge in [-0.2, -0.15) is 0 Å². The number of esters is 1. The molecule has 0 radical (unpaired) electrons. The molecule has 6 heteroatoms. The standard InChI is InChI=1S/C27H52O6/c1-3-4-5-6-7-8-9-10-11-12-13-14-15-16-17-18-27(28)33-26-25-32-24-23-31-22-21-30-20-19-29-2/h17-18H,3-16,19-26H2,1-2H3/b18-17+. The van der Waals surface area contributed by atoms with E-state index in [2.05, 4.69) is 6.92 Å². The molecule has 0 aliphatic rings. The van der Waals surface area contributed by atoms with Crippen molar-refractivity contribution in [1.29, 1.82) is 0 Å². The van der Waals surface area contributed by atoms with Gasteiger partial charge in [-0.05, 0) is 12.8 Å². The summed E-state index contributed by atoms with van der Waals surface area (Å²) in [5.41, 5.74) is 0. The molecule has 0 aromatic rings. The summed E-state index contributed by atoms with van der Waals surface area (Å²) in [7, 11) is 1.64. The molecule has 0 saturated heterocycles. The van der Waals surface area contributed by atoms with Crippen molar-refractivity contribution < 1.29 is 28.5 Å². The first-order valence-corrected chi connectivity index (χ1v) is 13.4. The maximum atomic E-state index is 11.6. The van der Waals surface area contributed by atoms with Gasteiger partial charge in [0.15, 0.2) is 0 Å². The minimum atomic E-state index is -0.294. The fourth-order valence-corrected chi connectivity index (χ4v) is 3.39. The second-order valence-corrected chi connectivity index (χ2v) is 8.43. The Morgan fingerprint density at radius 3 is 1.48 bits per heavy atom. The Balaban J connectivity index is 3.22. The zero-order chi connectivity index (χ0) is 24.1. The van der Waals surface area contributed by atoms with E-state index in [9.17, 15) is 4.79 Å². The van der Waals surface area contributed by atoms with Gasteiger partial charge in [0.05, 0.1) is 46.2 Å². The van der Waals surface area contributed by atoms with Gasteiger partial charge in [0.2, 0.25) is 0 Å². The van der Waals surface area contributed by atoms with E-state index in [0.29, 0.717) is 46.2 Å². The molecule has 0 fully saturated rings. The molecular weight excluding hydrogens is 420 g/mol. The molecule has 0 amide bonds. The lowest BCUT2D eigenvalue weighted by molar-refractivity contribution is -0.139. The lowest BCUT2D eigenvalue weighted by Gasteiger charge is -2.06. The van der Waals surface area contributed by atoms with E-state index in [-0.39, 0.29) is 12.6 Å². The van der Waals surface area contributed by atoms with Crippen molar-refractivity contribution >= 4 is 5.97 Å². The Hall–Kier alpha value is -0.950. The minimum absolute atomic E-state index is 0.266. The van der Waals surface area contributed by atoms with Crippen molar-refractivity contribution in [3.8, 4) is 0 Å². The van der Waals surface area contributed by atoms with E-state index in [1.165, 1.54) is 83.1 Å². The molecule has 0 N–H and O–H groups in total. The molecule has 0 aromatic carbocycles. The Labute approximate surface area is 203 Å². The molecule has 0 spiro atoms. The van der Waals surface area contributed by atoms with Crippen LogP contribution in [0.2, 0.25) is 0 Å². The third-order valence-corrected chi connectivity index (χ3v) is 5.38. The number of carbonyl (C=O) groups is 1. The summed E-state index contributed by atoms with van der Waals surface area (Å²) in [6.07, 6.45) is 22.0. The topological polar surface area (TPSA) is 63.2 Å². The summed E-state index contributed by atoms with van der Waals surface area (Å²) in [5, 5.41) is 0. The molecule has 0 bridgehead atoms. The molecule has 0 aliphatic heterocycles. The summed E-state index contributed by atoms with van der Waals surface area (Å²) in [6.45, 7) is 6.15. The van der Waals surface area contributed by atoms with Crippen molar-refractivity contribution in [1.82, 2.24) is 0 Å². The number of allylic oxidation sites excluding steroid dienone is 1. The number of methoxy groups -OCH3 is 1.